The van der Waals surface area contributed by atoms with Gasteiger partial charge in [0.1, 0.15) is 0 Å². The van der Waals surface area contributed by atoms with E-state index in [-0.39, 0.29) is 11.3 Å². The van der Waals surface area contributed by atoms with Crippen molar-refractivity contribution < 1.29 is 5.11 Å². The zero-order valence-electron chi connectivity index (χ0n) is 18.6. The normalized spacial score (nSPS) is 13.5. The molecule has 0 atom stereocenters. The second-order valence-electron chi connectivity index (χ2n) is 9.08. The number of aliphatic imine (C=N–C) groups is 1. The lowest BCUT2D eigenvalue weighted by atomic mass is 9.86. The predicted octanol–water partition coefficient (Wildman–Crippen LogP) is 6.02. The first kappa shape index (κ1) is 21.5. The van der Waals surface area contributed by atoms with E-state index in [1.54, 1.807) is 0 Å². The number of nitrogens with zero attached hydrogens (tertiary/aromatic N) is 2. The highest BCUT2D eigenvalue weighted by atomic mass is 32.1. The number of amidine groups is 1. The number of hydrogen-bond donors (Lipinski definition) is 2. The van der Waals surface area contributed by atoms with Crippen LogP contribution in [0.4, 0.5) is 5.69 Å². The van der Waals surface area contributed by atoms with Crippen LogP contribution in [-0.4, -0.2) is 15.9 Å². The van der Waals surface area contributed by atoms with E-state index in [1.807, 2.05) is 36.4 Å². The molecule has 4 nitrogen and oxygen atoms in total. The minimum Gasteiger partial charge on any atom is -0.494 e. The van der Waals surface area contributed by atoms with E-state index in [0.717, 1.165) is 27.4 Å². The van der Waals surface area contributed by atoms with Gasteiger partial charge in [-0.3, -0.25) is 0 Å². The summed E-state index contributed by atoms with van der Waals surface area (Å²) in [4.78, 5) is 13.0. The summed E-state index contributed by atoms with van der Waals surface area (Å²) >= 11 is 6.44. The number of aromatic nitrogens is 1. The van der Waals surface area contributed by atoms with E-state index >= 15 is 0 Å². The number of fused-ring (bicyclic) bond motifs is 1. The third kappa shape index (κ3) is 4.45. The lowest BCUT2D eigenvalue weighted by Gasteiger charge is -2.19. The highest BCUT2D eigenvalue weighted by molar-refractivity contribution is 7.73. The molecule has 1 aliphatic rings. The summed E-state index contributed by atoms with van der Waals surface area (Å²) in [6.45, 7) is 6.67. The Hall–Kier alpha value is -3.35. The lowest BCUT2D eigenvalue weighted by Crippen LogP contribution is -2.10. The number of aromatic amines is 1. The zero-order chi connectivity index (χ0) is 23.2. The number of nitrogens with one attached hydrogen (secondary N) is 1. The molecule has 33 heavy (non-hydrogen) atoms. The maximum atomic E-state index is 9.96. The zero-order valence-corrected chi connectivity index (χ0v) is 20.2. The first-order valence-electron chi connectivity index (χ1n) is 10.7. The van der Waals surface area contributed by atoms with Gasteiger partial charge < -0.3 is 10.1 Å². The SMILES string of the molecule is CC(C)(C)c1ccc(-c2cccc(C3=Nc4cc(=Cc5sc(=S)[nH]c5O)ccc4=N3)c2)cc1. The van der Waals surface area contributed by atoms with Crippen LogP contribution in [0, 0.1) is 3.95 Å². The highest BCUT2D eigenvalue weighted by Crippen LogP contribution is 2.27. The Morgan fingerprint density at radius 1 is 0.909 bits per heavy atom. The maximum absolute atomic E-state index is 9.96. The van der Waals surface area contributed by atoms with Crippen LogP contribution in [0.2, 0.25) is 0 Å². The van der Waals surface area contributed by atoms with E-state index in [2.05, 4.69) is 62.2 Å². The molecule has 164 valence electrons. The van der Waals surface area contributed by atoms with Gasteiger partial charge in [0.2, 0.25) is 5.88 Å². The van der Waals surface area contributed by atoms with Crippen LogP contribution in [0.5, 0.6) is 5.88 Å². The quantitative estimate of drug-likeness (QED) is 0.361. The molecule has 0 bridgehead atoms. The first-order valence-corrected chi connectivity index (χ1v) is 11.9. The molecule has 4 aromatic rings. The third-order valence-corrected chi connectivity index (χ3v) is 6.78. The topological polar surface area (TPSA) is 60.7 Å². The van der Waals surface area contributed by atoms with Crippen LogP contribution in [-0.2, 0) is 5.41 Å². The fourth-order valence-corrected chi connectivity index (χ4v) is 4.83. The monoisotopic (exact) mass is 469 g/mol. The summed E-state index contributed by atoms with van der Waals surface area (Å²) in [5, 5.41) is 11.7. The lowest BCUT2D eigenvalue weighted by molar-refractivity contribution is 0.456. The standard InChI is InChI=1S/C27H23N3OS2/c1-27(2,3)20-10-8-17(9-11-20)18-5-4-6-19(15-18)24-28-21-12-7-16(13-22(21)29-24)14-23-25(31)30-26(32)33-23/h4-15,31H,1-3H3,(H,30,32). The van der Waals surface area contributed by atoms with E-state index in [0.29, 0.717) is 14.7 Å². The van der Waals surface area contributed by atoms with Crippen LogP contribution in [0.25, 0.3) is 17.2 Å². The van der Waals surface area contributed by atoms with Crippen molar-refractivity contribution in [2.75, 3.05) is 0 Å². The van der Waals surface area contributed by atoms with Gasteiger partial charge in [-0.05, 0) is 63.8 Å². The Morgan fingerprint density at radius 3 is 2.36 bits per heavy atom. The molecule has 3 aromatic carbocycles. The molecule has 0 spiro atoms. The molecular formula is C27H23N3OS2. The molecule has 6 heteroatoms. The summed E-state index contributed by atoms with van der Waals surface area (Å²) in [6, 6.07) is 23.0. The van der Waals surface area contributed by atoms with Crippen LogP contribution in [0.3, 0.4) is 0 Å². The Balaban J connectivity index is 1.47. The van der Waals surface area contributed by atoms with Crippen molar-refractivity contribution in [2.45, 2.75) is 26.2 Å². The van der Waals surface area contributed by atoms with Gasteiger partial charge in [-0.15, -0.1) is 11.3 Å². The molecule has 0 amide bonds. The molecule has 2 heterocycles. The number of aromatic hydroxyl groups is 1. The summed E-state index contributed by atoms with van der Waals surface area (Å²) in [7, 11) is 0. The van der Waals surface area contributed by atoms with Crippen LogP contribution in [0.1, 0.15) is 36.8 Å². The number of thiazole rings is 1. The predicted molar refractivity (Wildman–Crippen MR) is 139 cm³/mol. The molecule has 0 radical (unpaired) electrons. The van der Waals surface area contributed by atoms with Crippen LogP contribution in [0.15, 0.2) is 76.7 Å². The Kier molecular flexibility index (Phi) is 5.35. The molecule has 0 saturated carbocycles. The maximum Gasteiger partial charge on any atom is 0.207 e. The Morgan fingerprint density at radius 2 is 1.67 bits per heavy atom. The minimum absolute atomic E-state index is 0.0896. The molecule has 2 N–H and O–H groups in total. The molecule has 0 unspecified atom stereocenters. The second-order valence-corrected chi connectivity index (χ2v) is 10.8. The molecule has 1 aliphatic heterocycles. The average Bonchev–Trinajstić information content (AvgIpc) is 3.35. The van der Waals surface area contributed by atoms with E-state index in [4.69, 9.17) is 22.2 Å². The Bertz CT molecular complexity index is 1570. The average molecular weight is 470 g/mol. The summed E-state index contributed by atoms with van der Waals surface area (Å²) < 4.78 is 0.545. The Labute approximate surface area is 201 Å². The van der Waals surface area contributed by atoms with Crippen molar-refractivity contribution in [3.63, 3.8) is 0 Å². The number of rotatable bonds is 3. The van der Waals surface area contributed by atoms with Gasteiger partial charge in [0.05, 0.1) is 15.9 Å². The van der Waals surface area contributed by atoms with E-state index in [1.165, 1.54) is 22.5 Å². The van der Waals surface area contributed by atoms with Gasteiger partial charge in [0.25, 0.3) is 0 Å². The molecule has 5 rings (SSSR count). The van der Waals surface area contributed by atoms with Gasteiger partial charge >= 0.3 is 0 Å². The van der Waals surface area contributed by atoms with Crippen molar-refractivity contribution in [1.82, 2.24) is 4.98 Å². The molecule has 0 aliphatic carbocycles. The summed E-state index contributed by atoms with van der Waals surface area (Å²) in [5.41, 5.74) is 5.56. The molecular weight excluding hydrogens is 446 g/mol. The highest BCUT2D eigenvalue weighted by Gasteiger charge is 2.14. The third-order valence-electron chi connectivity index (χ3n) is 5.61. The van der Waals surface area contributed by atoms with Gasteiger partial charge in [-0.2, -0.15) is 0 Å². The van der Waals surface area contributed by atoms with Gasteiger partial charge in [0, 0.05) is 5.56 Å². The molecule has 0 saturated heterocycles. The fourth-order valence-electron chi connectivity index (χ4n) is 3.78. The van der Waals surface area contributed by atoms with Gasteiger partial charge in [-0.1, -0.05) is 69.3 Å². The largest absolute Gasteiger partial charge is 0.494 e. The summed E-state index contributed by atoms with van der Waals surface area (Å²) in [5.74, 6) is 0.794. The molecule has 1 aromatic heterocycles. The number of H-pyrrole nitrogens is 1. The second kappa shape index (κ2) is 8.21. The van der Waals surface area contributed by atoms with Crippen molar-refractivity contribution in [3.05, 3.63) is 97.3 Å². The van der Waals surface area contributed by atoms with E-state index < -0.39 is 0 Å². The van der Waals surface area contributed by atoms with E-state index in [9.17, 15) is 5.11 Å². The minimum atomic E-state index is 0.0896. The van der Waals surface area contributed by atoms with Gasteiger partial charge in [-0.25, -0.2) is 9.98 Å². The first-order chi connectivity index (χ1) is 15.8. The van der Waals surface area contributed by atoms with Crippen molar-refractivity contribution >= 4 is 41.2 Å². The van der Waals surface area contributed by atoms with Gasteiger partial charge in [0.15, 0.2) is 9.79 Å². The fraction of sp³-hybridized carbons (Fsp3) is 0.148. The van der Waals surface area contributed by atoms with Crippen LogP contribution < -0.4 is 10.6 Å². The van der Waals surface area contributed by atoms with Crippen molar-refractivity contribution in [2.24, 2.45) is 9.98 Å². The summed E-state index contributed by atoms with van der Waals surface area (Å²) in [6.07, 6.45) is 1.89. The number of benzene rings is 3. The smallest absolute Gasteiger partial charge is 0.207 e. The van der Waals surface area contributed by atoms with Crippen molar-refractivity contribution in [1.29, 1.82) is 0 Å². The van der Waals surface area contributed by atoms with Crippen molar-refractivity contribution in [3.8, 4) is 17.0 Å². The number of hydrogen-bond acceptors (Lipinski definition) is 5. The molecule has 0 fully saturated rings. The van der Waals surface area contributed by atoms with Crippen LogP contribution >= 0.6 is 23.6 Å².